The van der Waals surface area contributed by atoms with Gasteiger partial charge < -0.3 is 0 Å². The summed E-state index contributed by atoms with van der Waals surface area (Å²) >= 11 is 6.00. The largest absolute Gasteiger partial charge is 0.290 e. The van der Waals surface area contributed by atoms with Gasteiger partial charge in [0.2, 0.25) is 5.82 Å². The van der Waals surface area contributed by atoms with Crippen molar-refractivity contribution in [3.05, 3.63) is 113 Å². The molecule has 11 heteroatoms. The maximum Gasteiger partial charge on any atom is 0.290 e. The second-order valence-electron chi connectivity index (χ2n) is 7.74. The lowest BCUT2D eigenvalue weighted by atomic mass is 10.1. The van der Waals surface area contributed by atoms with Crippen LogP contribution >= 0.6 is 11.6 Å². The molecule has 5 rings (SSSR count). The SMILES string of the molecule is O=C(NNC(=O)c1ccn(-c2cccc(Cl)c2)n1)c1ccc(Cn2nnc(-c3ccccc3)n2)cc1. The second-order valence-corrected chi connectivity index (χ2v) is 8.18. The van der Waals surface area contributed by atoms with E-state index in [0.717, 1.165) is 11.1 Å². The van der Waals surface area contributed by atoms with Gasteiger partial charge in [-0.05, 0) is 47.2 Å². The number of amides is 2. The number of hydrazine groups is 1. The Morgan fingerprint density at radius 3 is 2.39 bits per heavy atom. The molecule has 2 aromatic heterocycles. The minimum atomic E-state index is -0.549. The molecule has 0 spiro atoms. The van der Waals surface area contributed by atoms with Gasteiger partial charge in [0.05, 0.1) is 12.2 Å². The fourth-order valence-corrected chi connectivity index (χ4v) is 3.58. The summed E-state index contributed by atoms with van der Waals surface area (Å²) in [6.45, 7) is 0.397. The van der Waals surface area contributed by atoms with Crippen molar-refractivity contribution in [1.82, 2.24) is 40.8 Å². The smallest absolute Gasteiger partial charge is 0.267 e. The molecule has 0 bridgehead atoms. The Balaban J connectivity index is 1.16. The summed E-state index contributed by atoms with van der Waals surface area (Å²) in [5, 5.41) is 17.3. The zero-order valence-corrected chi connectivity index (χ0v) is 19.5. The van der Waals surface area contributed by atoms with E-state index in [1.165, 1.54) is 9.48 Å². The fourth-order valence-electron chi connectivity index (χ4n) is 3.40. The Hall–Kier alpha value is -4.83. The van der Waals surface area contributed by atoms with Crippen LogP contribution in [-0.4, -0.2) is 41.8 Å². The van der Waals surface area contributed by atoms with E-state index < -0.39 is 11.8 Å². The Kier molecular flexibility index (Phi) is 6.50. The molecule has 2 N–H and O–H groups in total. The first-order valence-electron chi connectivity index (χ1n) is 10.9. The van der Waals surface area contributed by atoms with E-state index in [-0.39, 0.29) is 5.69 Å². The molecule has 0 saturated heterocycles. The maximum absolute atomic E-state index is 12.5. The van der Waals surface area contributed by atoms with Crippen molar-refractivity contribution in [2.75, 3.05) is 0 Å². The van der Waals surface area contributed by atoms with Crippen molar-refractivity contribution in [3.63, 3.8) is 0 Å². The number of hydrogen-bond donors (Lipinski definition) is 2. The van der Waals surface area contributed by atoms with Crippen molar-refractivity contribution in [2.24, 2.45) is 0 Å². The van der Waals surface area contributed by atoms with E-state index in [9.17, 15) is 9.59 Å². The van der Waals surface area contributed by atoms with Crippen molar-refractivity contribution < 1.29 is 9.59 Å². The predicted octanol–water partition coefficient (Wildman–Crippen LogP) is 3.30. The fraction of sp³-hybridized carbons (Fsp3) is 0.0400. The summed E-state index contributed by atoms with van der Waals surface area (Å²) in [5.41, 5.74) is 7.77. The number of carbonyl (C=O) groups excluding carboxylic acids is 2. The molecule has 0 aliphatic carbocycles. The van der Waals surface area contributed by atoms with Gasteiger partial charge in [-0.2, -0.15) is 9.90 Å². The summed E-state index contributed by atoms with van der Waals surface area (Å²) < 4.78 is 1.52. The molecular weight excluding hydrogens is 480 g/mol. The highest BCUT2D eigenvalue weighted by Gasteiger charge is 2.13. The van der Waals surface area contributed by atoms with Crippen LogP contribution < -0.4 is 10.9 Å². The van der Waals surface area contributed by atoms with Crippen LogP contribution in [0.5, 0.6) is 0 Å². The lowest BCUT2D eigenvalue weighted by Crippen LogP contribution is -2.41. The maximum atomic E-state index is 12.5. The molecular formula is C25H19ClN8O2. The second kappa shape index (κ2) is 10.2. The molecule has 3 aromatic carbocycles. The average Bonchev–Trinajstić information content (AvgIpc) is 3.59. The van der Waals surface area contributed by atoms with E-state index in [1.54, 1.807) is 54.7 Å². The van der Waals surface area contributed by atoms with Gasteiger partial charge in [-0.25, -0.2) is 4.68 Å². The van der Waals surface area contributed by atoms with Crippen LogP contribution in [0, 0.1) is 0 Å². The molecule has 2 heterocycles. The van der Waals surface area contributed by atoms with Crippen molar-refractivity contribution in [3.8, 4) is 17.1 Å². The third-order valence-corrected chi connectivity index (χ3v) is 5.44. The highest BCUT2D eigenvalue weighted by atomic mass is 35.5. The van der Waals surface area contributed by atoms with Crippen LogP contribution in [0.1, 0.15) is 26.4 Å². The number of nitrogens with zero attached hydrogens (tertiary/aromatic N) is 6. The van der Waals surface area contributed by atoms with Crippen molar-refractivity contribution in [1.29, 1.82) is 0 Å². The standard InChI is InChI=1S/C25H19ClN8O2/c26-20-7-4-8-21(15-20)33-14-13-22(30-33)25(36)29-28-24(35)19-11-9-17(10-12-19)16-34-31-23(27-32-34)18-5-2-1-3-6-18/h1-15H,16H2,(H,28,35)(H,29,36). The molecule has 0 aliphatic heterocycles. The summed E-state index contributed by atoms with van der Waals surface area (Å²) in [5.74, 6) is -0.471. The minimum absolute atomic E-state index is 0.140. The van der Waals surface area contributed by atoms with Gasteiger partial charge in [0, 0.05) is 22.3 Å². The minimum Gasteiger partial charge on any atom is -0.267 e. The van der Waals surface area contributed by atoms with Crippen LogP contribution in [-0.2, 0) is 6.54 Å². The number of benzene rings is 3. The zero-order chi connectivity index (χ0) is 24.9. The molecule has 36 heavy (non-hydrogen) atoms. The molecule has 10 nitrogen and oxygen atoms in total. The number of hydrogen-bond acceptors (Lipinski definition) is 6. The van der Waals surface area contributed by atoms with Crippen LogP contribution in [0.15, 0.2) is 91.1 Å². The Morgan fingerprint density at radius 1 is 0.833 bits per heavy atom. The predicted molar refractivity (Wildman–Crippen MR) is 132 cm³/mol. The van der Waals surface area contributed by atoms with Crippen LogP contribution in [0.25, 0.3) is 17.1 Å². The summed E-state index contributed by atoms with van der Waals surface area (Å²) in [6, 6.07) is 25.1. The molecule has 0 atom stereocenters. The van der Waals surface area contributed by atoms with Gasteiger partial charge in [0.15, 0.2) is 5.69 Å². The number of tetrazole rings is 1. The monoisotopic (exact) mass is 498 g/mol. The van der Waals surface area contributed by atoms with Gasteiger partial charge in [0.25, 0.3) is 11.8 Å². The first-order chi connectivity index (χ1) is 17.5. The van der Waals surface area contributed by atoms with Crippen LogP contribution in [0.3, 0.4) is 0 Å². The van der Waals surface area contributed by atoms with Gasteiger partial charge in [0.1, 0.15) is 0 Å². The number of aromatic nitrogens is 6. The number of halogens is 1. The Labute approximate surface area is 210 Å². The molecule has 0 saturated carbocycles. The number of nitrogens with one attached hydrogen (secondary N) is 2. The van der Waals surface area contributed by atoms with E-state index >= 15 is 0 Å². The number of carbonyl (C=O) groups is 2. The van der Waals surface area contributed by atoms with E-state index in [2.05, 4.69) is 31.4 Å². The summed E-state index contributed by atoms with van der Waals surface area (Å²) in [6.07, 6.45) is 1.63. The van der Waals surface area contributed by atoms with Crippen molar-refractivity contribution in [2.45, 2.75) is 6.54 Å². The van der Waals surface area contributed by atoms with Gasteiger partial charge in [-0.3, -0.25) is 20.4 Å². The van der Waals surface area contributed by atoms with Gasteiger partial charge in [-0.1, -0.05) is 60.1 Å². The average molecular weight is 499 g/mol. The van der Waals surface area contributed by atoms with Crippen molar-refractivity contribution >= 4 is 23.4 Å². The third-order valence-electron chi connectivity index (χ3n) is 5.21. The highest BCUT2D eigenvalue weighted by Crippen LogP contribution is 2.15. The third kappa shape index (κ3) is 5.29. The first kappa shape index (κ1) is 22.9. The molecule has 0 unspecified atom stereocenters. The van der Waals surface area contributed by atoms with E-state index in [0.29, 0.717) is 28.6 Å². The lowest BCUT2D eigenvalue weighted by Gasteiger charge is -2.07. The van der Waals surface area contributed by atoms with E-state index in [1.807, 2.05) is 36.4 Å². The molecule has 0 aliphatic rings. The lowest BCUT2D eigenvalue weighted by molar-refractivity contribution is 0.0843. The normalized spacial score (nSPS) is 10.7. The summed E-state index contributed by atoms with van der Waals surface area (Å²) in [4.78, 5) is 26.4. The topological polar surface area (TPSA) is 120 Å². The molecule has 2 amide bonds. The summed E-state index contributed by atoms with van der Waals surface area (Å²) in [7, 11) is 0. The Morgan fingerprint density at radius 2 is 1.61 bits per heavy atom. The quantitative estimate of drug-likeness (QED) is 0.347. The molecule has 0 fully saturated rings. The zero-order valence-electron chi connectivity index (χ0n) is 18.7. The van der Waals surface area contributed by atoms with Gasteiger partial charge in [-0.15, -0.1) is 10.2 Å². The molecule has 5 aromatic rings. The first-order valence-corrected chi connectivity index (χ1v) is 11.3. The number of rotatable bonds is 6. The Bertz CT molecular complexity index is 1510. The van der Waals surface area contributed by atoms with E-state index in [4.69, 9.17) is 11.6 Å². The molecule has 178 valence electrons. The van der Waals surface area contributed by atoms with Crippen LogP contribution in [0.4, 0.5) is 0 Å². The van der Waals surface area contributed by atoms with Crippen LogP contribution in [0.2, 0.25) is 5.02 Å². The highest BCUT2D eigenvalue weighted by molar-refractivity contribution is 6.30. The van der Waals surface area contributed by atoms with Gasteiger partial charge >= 0.3 is 0 Å². The molecule has 0 radical (unpaired) electrons.